The number of carboxylic acids is 1. The topological polar surface area (TPSA) is 57.6 Å². The average Bonchev–Trinajstić information content (AvgIpc) is 2.67. The number of hydrogen-bond acceptors (Lipinski definition) is 3. The first-order valence-corrected chi connectivity index (χ1v) is 5.30. The standard InChI is InChI=1S/C10H13NO3S/c1-10(2,9(13)14)11(3)8(12)7-5-4-6-15-7/h4-6H,1-3H3,(H,13,14). The van der Waals surface area contributed by atoms with Crippen molar-refractivity contribution in [1.82, 2.24) is 4.90 Å². The summed E-state index contributed by atoms with van der Waals surface area (Å²) >= 11 is 1.30. The minimum absolute atomic E-state index is 0.266. The molecule has 0 saturated heterocycles. The Hall–Kier alpha value is -1.36. The van der Waals surface area contributed by atoms with Crippen molar-refractivity contribution in [3.05, 3.63) is 22.4 Å². The number of nitrogens with zero attached hydrogens (tertiary/aromatic N) is 1. The number of amides is 1. The van der Waals surface area contributed by atoms with Crippen molar-refractivity contribution in [3.63, 3.8) is 0 Å². The van der Waals surface area contributed by atoms with Gasteiger partial charge in [0.1, 0.15) is 5.54 Å². The number of carbonyl (C=O) groups is 2. The Morgan fingerprint density at radius 1 is 1.47 bits per heavy atom. The summed E-state index contributed by atoms with van der Waals surface area (Å²) in [6.45, 7) is 3.00. The zero-order chi connectivity index (χ0) is 11.6. The van der Waals surface area contributed by atoms with Crippen molar-refractivity contribution in [1.29, 1.82) is 0 Å². The molecule has 0 radical (unpaired) electrons. The molecule has 1 aromatic rings. The van der Waals surface area contributed by atoms with Gasteiger partial charge in [0.05, 0.1) is 4.88 Å². The third-order valence-electron chi connectivity index (χ3n) is 2.40. The molecular weight excluding hydrogens is 214 g/mol. The Morgan fingerprint density at radius 2 is 2.07 bits per heavy atom. The van der Waals surface area contributed by atoms with E-state index in [2.05, 4.69) is 0 Å². The molecule has 1 aromatic heterocycles. The highest BCUT2D eigenvalue weighted by molar-refractivity contribution is 7.12. The molecule has 4 nitrogen and oxygen atoms in total. The molecule has 0 bridgehead atoms. The lowest BCUT2D eigenvalue weighted by Crippen LogP contribution is -2.50. The van der Waals surface area contributed by atoms with Crippen LogP contribution in [-0.4, -0.2) is 34.5 Å². The Labute approximate surface area is 92.1 Å². The molecule has 0 saturated carbocycles. The van der Waals surface area contributed by atoms with Crippen LogP contribution < -0.4 is 0 Å². The van der Waals surface area contributed by atoms with Gasteiger partial charge in [-0.2, -0.15) is 0 Å². The van der Waals surface area contributed by atoms with Gasteiger partial charge >= 0.3 is 5.97 Å². The molecule has 0 aromatic carbocycles. The van der Waals surface area contributed by atoms with Crippen LogP contribution in [-0.2, 0) is 4.79 Å². The quantitative estimate of drug-likeness (QED) is 0.854. The lowest BCUT2D eigenvalue weighted by atomic mass is 10.0. The summed E-state index contributed by atoms with van der Waals surface area (Å²) in [5, 5.41) is 10.8. The van der Waals surface area contributed by atoms with Crippen molar-refractivity contribution in [2.24, 2.45) is 0 Å². The molecule has 5 heteroatoms. The maximum atomic E-state index is 11.8. The van der Waals surface area contributed by atoms with E-state index in [0.29, 0.717) is 4.88 Å². The number of rotatable bonds is 3. The monoisotopic (exact) mass is 227 g/mol. The van der Waals surface area contributed by atoms with Crippen molar-refractivity contribution < 1.29 is 14.7 Å². The largest absolute Gasteiger partial charge is 0.480 e. The van der Waals surface area contributed by atoms with Gasteiger partial charge < -0.3 is 10.0 Å². The second-order valence-corrected chi connectivity index (χ2v) is 4.65. The Kier molecular flexibility index (Phi) is 3.14. The van der Waals surface area contributed by atoms with Crippen LogP contribution in [0.25, 0.3) is 0 Å². The fourth-order valence-corrected chi connectivity index (χ4v) is 1.66. The van der Waals surface area contributed by atoms with Gasteiger partial charge in [-0.05, 0) is 25.3 Å². The second-order valence-electron chi connectivity index (χ2n) is 3.71. The number of carbonyl (C=O) groups excluding carboxylic acids is 1. The molecule has 1 heterocycles. The second kappa shape index (κ2) is 4.02. The molecular formula is C10H13NO3S. The van der Waals surface area contributed by atoms with Gasteiger partial charge in [0.15, 0.2) is 0 Å². The van der Waals surface area contributed by atoms with Crippen LogP contribution in [0.3, 0.4) is 0 Å². The zero-order valence-corrected chi connectivity index (χ0v) is 9.67. The Balaban J connectivity index is 2.91. The van der Waals surface area contributed by atoms with Crippen LogP contribution in [0.4, 0.5) is 0 Å². The molecule has 0 aliphatic carbocycles. The normalized spacial score (nSPS) is 11.1. The molecule has 82 valence electrons. The van der Waals surface area contributed by atoms with Crippen LogP contribution in [0.5, 0.6) is 0 Å². The SMILES string of the molecule is CN(C(=O)c1cccs1)C(C)(C)C(=O)O. The maximum absolute atomic E-state index is 11.8. The average molecular weight is 227 g/mol. The minimum atomic E-state index is -1.19. The number of thiophene rings is 1. The van der Waals surface area contributed by atoms with Crippen molar-refractivity contribution in [2.45, 2.75) is 19.4 Å². The van der Waals surface area contributed by atoms with E-state index in [0.717, 1.165) is 0 Å². The van der Waals surface area contributed by atoms with Gasteiger partial charge in [0.25, 0.3) is 5.91 Å². The summed E-state index contributed by atoms with van der Waals surface area (Å²) in [7, 11) is 1.50. The highest BCUT2D eigenvalue weighted by Gasteiger charge is 2.35. The molecule has 0 aliphatic rings. The molecule has 0 spiro atoms. The zero-order valence-electron chi connectivity index (χ0n) is 8.85. The molecule has 0 aliphatic heterocycles. The lowest BCUT2D eigenvalue weighted by Gasteiger charge is -2.31. The Morgan fingerprint density at radius 3 is 2.47 bits per heavy atom. The van der Waals surface area contributed by atoms with Gasteiger partial charge in [-0.3, -0.25) is 4.79 Å². The smallest absolute Gasteiger partial charge is 0.329 e. The van der Waals surface area contributed by atoms with E-state index in [1.807, 2.05) is 0 Å². The first kappa shape index (κ1) is 11.7. The summed E-state index contributed by atoms with van der Waals surface area (Å²) in [6, 6.07) is 3.45. The number of carboxylic acid groups (broad SMARTS) is 1. The summed E-state index contributed by atoms with van der Waals surface area (Å²) < 4.78 is 0. The molecule has 1 N–H and O–H groups in total. The summed E-state index contributed by atoms with van der Waals surface area (Å²) in [6.07, 6.45) is 0. The number of hydrogen-bond donors (Lipinski definition) is 1. The first-order valence-electron chi connectivity index (χ1n) is 4.42. The molecule has 1 amide bonds. The fourth-order valence-electron chi connectivity index (χ4n) is 0.963. The summed E-state index contributed by atoms with van der Waals surface area (Å²) in [5.41, 5.74) is -1.19. The van der Waals surface area contributed by atoms with Crippen LogP contribution in [0.2, 0.25) is 0 Å². The van der Waals surface area contributed by atoms with Gasteiger partial charge in [-0.1, -0.05) is 6.07 Å². The maximum Gasteiger partial charge on any atom is 0.329 e. The molecule has 0 atom stereocenters. The predicted molar refractivity (Wildman–Crippen MR) is 58.1 cm³/mol. The lowest BCUT2D eigenvalue weighted by molar-refractivity contribution is -0.147. The van der Waals surface area contributed by atoms with Crippen LogP contribution >= 0.6 is 11.3 Å². The van der Waals surface area contributed by atoms with Crippen molar-refractivity contribution in [2.75, 3.05) is 7.05 Å². The van der Waals surface area contributed by atoms with E-state index < -0.39 is 11.5 Å². The highest BCUT2D eigenvalue weighted by atomic mass is 32.1. The van der Waals surface area contributed by atoms with Crippen LogP contribution in [0.15, 0.2) is 17.5 Å². The molecule has 0 unspecified atom stereocenters. The Bertz CT molecular complexity index is 370. The molecule has 15 heavy (non-hydrogen) atoms. The van der Waals surface area contributed by atoms with Gasteiger partial charge in [-0.15, -0.1) is 11.3 Å². The van der Waals surface area contributed by atoms with Gasteiger partial charge in [0, 0.05) is 7.05 Å². The number of aliphatic carboxylic acids is 1. The molecule has 1 rings (SSSR count). The minimum Gasteiger partial charge on any atom is -0.480 e. The van der Waals surface area contributed by atoms with E-state index >= 15 is 0 Å². The van der Waals surface area contributed by atoms with Crippen LogP contribution in [0.1, 0.15) is 23.5 Å². The third-order valence-corrected chi connectivity index (χ3v) is 3.26. The summed E-state index contributed by atoms with van der Waals surface area (Å²) in [4.78, 5) is 24.6. The number of likely N-dealkylation sites (N-methyl/N-ethyl adjacent to an activating group) is 1. The van der Waals surface area contributed by atoms with Crippen molar-refractivity contribution in [3.8, 4) is 0 Å². The summed E-state index contributed by atoms with van der Waals surface area (Å²) in [5.74, 6) is -1.28. The van der Waals surface area contributed by atoms with E-state index in [-0.39, 0.29) is 5.91 Å². The predicted octanol–water partition coefficient (Wildman–Crippen LogP) is 1.68. The highest BCUT2D eigenvalue weighted by Crippen LogP contribution is 2.18. The van der Waals surface area contributed by atoms with E-state index in [4.69, 9.17) is 5.11 Å². The van der Waals surface area contributed by atoms with Crippen molar-refractivity contribution >= 4 is 23.2 Å². The third kappa shape index (κ3) is 2.18. The van der Waals surface area contributed by atoms with E-state index in [1.165, 1.54) is 37.1 Å². The van der Waals surface area contributed by atoms with Gasteiger partial charge in [0.2, 0.25) is 0 Å². The van der Waals surface area contributed by atoms with E-state index in [1.54, 1.807) is 17.5 Å². The fraction of sp³-hybridized carbons (Fsp3) is 0.400. The van der Waals surface area contributed by atoms with Gasteiger partial charge in [-0.25, -0.2) is 4.79 Å². The van der Waals surface area contributed by atoms with E-state index in [9.17, 15) is 9.59 Å². The first-order chi connectivity index (χ1) is 6.87. The molecule has 0 fully saturated rings. The van der Waals surface area contributed by atoms with Crippen LogP contribution in [0, 0.1) is 0 Å².